The first-order valence-electron chi connectivity index (χ1n) is 6.48. The Balaban J connectivity index is 2.32. The van der Waals surface area contributed by atoms with E-state index in [2.05, 4.69) is 70.0 Å². The van der Waals surface area contributed by atoms with Gasteiger partial charge in [0.05, 0.1) is 12.2 Å². The van der Waals surface area contributed by atoms with Crippen LogP contribution in [-0.4, -0.2) is 16.8 Å². The lowest BCUT2D eigenvalue weighted by Gasteiger charge is -2.11. The third-order valence-corrected chi connectivity index (χ3v) is 4.02. The average molecular weight is 322 g/mol. The molecule has 0 spiro atoms. The topological polar surface area (TPSA) is 29.9 Å². The van der Waals surface area contributed by atoms with Crippen LogP contribution in [-0.2, 0) is 6.54 Å². The van der Waals surface area contributed by atoms with Crippen molar-refractivity contribution in [1.82, 2.24) is 15.1 Å². The number of nitrogens with one attached hydrogen (secondary N) is 1. The van der Waals surface area contributed by atoms with E-state index >= 15 is 0 Å². The molecule has 0 aliphatic heterocycles. The maximum Gasteiger partial charge on any atom is 0.0663 e. The molecule has 0 amide bonds. The van der Waals surface area contributed by atoms with Gasteiger partial charge in [-0.3, -0.25) is 4.68 Å². The number of hydrogen-bond donors (Lipinski definition) is 1. The molecule has 0 saturated carbocycles. The summed E-state index contributed by atoms with van der Waals surface area (Å²) in [5.41, 5.74) is 4.90. The van der Waals surface area contributed by atoms with Gasteiger partial charge in [0.15, 0.2) is 0 Å². The molecule has 0 aliphatic rings. The van der Waals surface area contributed by atoms with Crippen molar-refractivity contribution in [2.45, 2.75) is 33.4 Å². The quantitative estimate of drug-likeness (QED) is 0.932. The van der Waals surface area contributed by atoms with Crippen molar-refractivity contribution in [1.29, 1.82) is 0 Å². The first kappa shape index (κ1) is 14.3. The first-order chi connectivity index (χ1) is 9.02. The van der Waals surface area contributed by atoms with Crippen LogP contribution in [0.4, 0.5) is 0 Å². The van der Waals surface area contributed by atoms with Gasteiger partial charge in [-0.25, -0.2) is 0 Å². The Kier molecular flexibility index (Phi) is 4.42. The van der Waals surface area contributed by atoms with Gasteiger partial charge in [0.1, 0.15) is 0 Å². The van der Waals surface area contributed by atoms with Gasteiger partial charge in [-0.2, -0.15) is 5.10 Å². The fourth-order valence-electron chi connectivity index (χ4n) is 2.44. The van der Waals surface area contributed by atoms with Gasteiger partial charge in [0, 0.05) is 21.8 Å². The number of hydrogen-bond acceptors (Lipinski definition) is 2. The molecule has 1 heterocycles. The maximum atomic E-state index is 4.67. The predicted molar refractivity (Wildman–Crippen MR) is 82.4 cm³/mol. The summed E-state index contributed by atoms with van der Waals surface area (Å²) < 4.78 is 3.19. The molecular weight excluding hydrogens is 302 g/mol. The molecule has 1 unspecified atom stereocenters. The van der Waals surface area contributed by atoms with Crippen molar-refractivity contribution >= 4 is 15.9 Å². The van der Waals surface area contributed by atoms with E-state index in [-0.39, 0.29) is 0 Å². The third kappa shape index (κ3) is 3.07. The van der Waals surface area contributed by atoms with Crippen molar-refractivity contribution in [2.75, 3.05) is 7.05 Å². The Hall–Kier alpha value is -1.13. The zero-order valence-electron chi connectivity index (χ0n) is 11.9. The molecule has 2 aromatic rings. The average Bonchev–Trinajstić information content (AvgIpc) is 2.64. The molecule has 1 atom stereocenters. The molecule has 1 aromatic carbocycles. The summed E-state index contributed by atoms with van der Waals surface area (Å²) >= 11 is 3.51. The summed E-state index contributed by atoms with van der Waals surface area (Å²) in [6, 6.07) is 8.69. The lowest BCUT2D eigenvalue weighted by atomic mass is 10.1. The molecule has 2 rings (SSSR count). The van der Waals surface area contributed by atoms with Crippen LogP contribution in [0.5, 0.6) is 0 Å². The Morgan fingerprint density at radius 1 is 1.37 bits per heavy atom. The highest BCUT2D eigenvalue weighted by molar-refractivity contribution is 9.10. The fraction of sp³-hybridized carbons (Fsp3) is 0.400. The van der Waals surface area contributed by atoms with Crippen LogP contribution in [0.3, 0.4) is 0 Å². The molecule has 19 heavy (non-hydrogen) atoms. The number of nitrogens with zero attached hydrogens (tertiary/aromatic N) is 2. The summed E-state index contributed by atoms with van der Waals surface area (Å²) in [6.07, 6.45) is 0. The van der Waals surface area contributed by atoms with Crippen LogP contribution >= 0.6 is 15.9 Å². The maximum absolute atomic E-state index is 4.67. The van der Waals surface area contributed by atoms with Gasteiger partial charge >= 0.3 is 0 Å². The lowest BCUT2D eigenvalue weighted by molar-refractivity contribution is 0.632. The Bertz CT molecular complexity index is 575. The zero-order chi connectivity index (χ0) is 14.0. The van der Waals surface area contributed by atoms with Crippen LogP contribution in [0.15, 0.2) is 28.7 Å². The largest absolute Gasteiger partial charge is 0.313 e. The molecule has 0 fully saturated rings. The standard InChI is InChI=1S/C15H20BrN3/c1-10(17-4)15-11(2)18-19(12(15)3)9-13-6-5-7-14(16)8-13/h5-8,10,17H,9H2,1-4H3. The molecule has 0 aliphatic carbocycles. The van der Waals surface area contributed by atoms with E-state index in [4.69, 9.17) is 0 Å². The minimum Gasteiger partial charge on any atom is -0.313 e. The Morgan fingerprint density at radius 2 is 2.11 bits per heavy atom. The second kappa shape index (κ2) is 5.88. The van der Waals surface area contributed by atoms with Gasteiger partial charge in [-0.05, 0) is 45.5 Å². The van der Waals surface area contributed by atoms with E-state index < -0.39 is 0 Å². The van der Waals surface area contributed by atoms with Crippen LogP contribution < -0.4 is 5.32 Å². The van der Waals surface area contributed by atoms with Crippen LogP contribution in [0.1, 0.15) is 35.5 Å². The molecular formula is C15H20BrN3. The van der Waals surface area contributed by atoms with E-state index in [1.165, 1.54) is 16.8 Å². The Labute approximate surface area is 123 Å². The number of aryl methyl sites for hydroxylation is 1. The van der Waals surface area contributed by atoms with Gasteiger partial charge < -0.3 is 5.32 Å². The first-order valence-corrected chi connectivity index (χ1v) is 7.28. The van der Waals surface area contributed by atoms with Crippen molar-refractivity contribution < 1.29 is 0 Å². The minimum atomic E-state index is 0.330. The highest BCUT2D eigenvalue weighted by atomic mass is 79.9. The molecule has 0 saturated heterocycles. The van der Waals surface area contributed by atoms with Crippen molar-refractivity contribution in [3.05, 3.63) is 51.3 Å². The highest BCUT2D eigenvalue weighted by Crippen LogP contribution is 2.22. The van der Waals surface area contributed by atoms with Gasteiger partial charge in [-0.1, -0.05) is 28.1 Å². The highest BCUT2D eigenvalue weighted by Gasteiger charge is 2.16. The molecule has 0 bridgehead atoms. The van der Waals surface area contributed by atoms with Gasteiger partial charge in [0.25, 0.3) is 0 Å². The summed E-state index contributed by atoms with van der Waals surface area (Å²) in [7, 11) is 1.98. The van der Waals surface area contributed by atoms with Crippen molar-refractivity contribution in [3.63, 3.8) is 0 Å². The van der Waals surface area contributed by atoms with E-state index in [9.17, 15) is 0 Å². The second-order valence-corrected chi connectivity index (χ2v) is 5.80. The normalized spacial score (nSPS) is 12.7. The fourth-order valence-corrected chi connectivity index (χ4v) is 2.89. The van der Waals surface area contributed by atoms with Gasteiger partial charge in [0.2, 0.25) is 0 Å². The van der Waals surface area contributed by atoms with Gasteiger partial charge in [-0.15, -0.1) is 0 Å². The number of halogens is 1. The van der Waals surface area contributed by atoms with Crippen molar-refractivity contribution in [3.8, 4) is 0 Å². The van der Waals surface area contributed by atoms with Crippen LogP contribution in [0.25, 0.3) is 0 Å². The van der Waals surface area contributed by atoms with E-state index in [1.54, 1.807) is 0 Å². The van der Waals surface area contributed by atoms with Crippen LogP contribution in [0, 0.1) is 13.8 Å². The summed E-state index contributed by atoms with van der Waals surface area (Å²) in [4.78, 5) is 0. The smallest absolute Gasteiger partial charge is 0.0663 e. The number of aromatic nitrogens is 2. The van der Waals surface area contributed by atoms with Crippen molar-refractivity contribution in [2.24, 2.45) is 0 Å². The molecule has 0 radical (unpaired) electrons. The third-order valence-electron chi connectivity index (χ3n) is 3.52. The summed E-state index contributed by atoms with van der Waals surface area (Å²) in [6.45, 7) is 7.19. The number of benzene rings is 1. The SMILES string of the molecule is CNC(C)c1c(C)nn(Cc2cccc(Br)c2)c1C. The predicted octanol–water partition coefficient (Wildman–Crippen LogP) is 3.59. The zero-order valence-corrected chi connectivity index (χ0v) is 13.5. The monoisotopic (exact) mass is 321 g/mol. The minimum absolute atomic E-state index is 0.330. The van der Waals surface area contributed by atoms with Crippen LogP contribution in [0.2, 0.25) is 0 Å². The molecule has 3 nitrogen and oxygen atoms in total. The molecule has 1 aromatic heterocycles. The molecule has 1 N–H and O–H groups in total. The molecule has 102 valence electrons. The Morgan fingerprint density at radius 3 is 2.74 bits per heavy atom. The van der Waals surface area contributed by atoms with E-state index in [0.717, 1.165) is 16.7 Å². The molecule has 4 heteroatoms. The summed E-state index contributed by atoms with van der Waals surface area (Å²) in [5, 5.41) is 7.95. The van der Waals surface area contributed by atoms with E-state index in [0.29, 0.717) is 6.04 Å². The summed E-state index contributed by atoms with van der Waals surface area (Å²) in [5.74, 6) is 0. The number of rotatable bonds is 4. The van der Waals surface area contributed by atoms with E-state index in [1.807, 2.05) is 13.1 Å². The second-order valence-electron chi connectivity index (χ2n) is 4.88. The lowest BCUT2D eigenvalue weighted by Crippen LogP contribution is -2.14.